The van der Waals surface area contributed by atoms with Crippen molar-refractivity contribution in [3.8, 4) is 6.07 Å². The molecule has 4 rings (SSSR count). The summed E-state index contributed by atoms with van der Waals surface area (Å²) in [6, 6.07) is 17.9. The van der Waals surface area contributed by atoms with Gasteiger partial charge in [0.25, 0.3) is 0 Å². The van der Waals surface area contributed by atoms with Gasteiger partial charge in [-0.25, -0.2) is 4.98 Å². The van der Waals surface area contributed by atoms with E-state index < -0.39 is 0 Å². The number of aromatic amines is 1. The summed E-state index contributed by atoms with van der Waals surface area (Å²) in [7, 11) is 0. The van der Waals surface area contributed by atoms with Crippen LogP contribution >= 0.6 is 0 Å². The van der Waals surface area contributed by atoms with E-state index in [4.69, 9.17) is 5.26 Å². The normalized spacial score (nSPS) is 17.7. The van der Waals surface area contributed by atoms with Crippen LogP contribution in [0, 0.1) is 18.3 Å². The first-order valence-corrected chi connectivity index (χ1v) is 11.7. The third-order valence-electron chi connectivity index (χ3n) is 6.56. The Labute approximate surface area is 195 Å². The van der Waals surface area contributed by atoms with Crippen LogP contribution in [0.4, 0.5) is 5.69 Å². The van der Waals surface area contributed by atoms with Crippen molar-refractivity contribution in [1.29, 1.82) is 5.26 Å². The van der Waals surface area contributed by atoms with Gasteiger partial charge in [0.15, 0.2) is 0 Å². The Balaban J connectivity index is 1.65. The number of rotatable bonds is 8. The summed E-state index contributed by atoms with van der Waals surface area (Å²) in [4.78, 5) is 25.7. The van der Waals surface area contributed by atoms with Crippen LogP contribution in [0.2, 0.25) is 0 Å². The lowest BCUT2D eigenvalue weighted by Gasteiger charge is -2.44. The lowest BCUT2D eigenvalue weighted by atomic mass is 9.95. The molecule has 33 heavy (non-hydrogen) atoms. The predicted molar refractivity (Wildman–Crippen MR) is 130 cm³/mol. The van der Waals surface area contributed by atoms with E-state index in [0.29, 0.717) is 12.1 Å². The molecule has 1 amide bonds. The van der Waals surface area contributed by atoms with E-state index in [0.717, 1.165) is 54.7 Å². The quantitative estimate of drug-likeness (QED) is 0.546. The summed E-state index contributed by atoms with van der Waals surface area (Å²) in [6.07, 6.45) is 7.19. The Morgan fingerprint density at radius 1 is 1.18 bits per heavy atom. The first-order chi connectivity index (χ1) is 16.1. The molecule has 0 radical (unpaired) electrons. The average molecular weight is 442 g/mol. The molecule has 0 aliphatic carbocycles. The van der Waals surface area contributed by atoms with Crippen molar-refractivity contribution in [3.63, 3.8) is 0 Å². The Morgan fingerprint density at radius 3 is 2.64 bits per heavy atom. The Hall–Kier alpha value is -3.43. The highest BCUT2D eigenvalue weighted by Crippen LogP contribution is 2.33. The molecule has 2 atom stereocenters. The summed E-state index contributed by atoms with van der Waals surface area (Å²) >= 11 is 0. The molecule has 1 N–H and O–H groups in total. The minimum atomic E-state index is -0.190. The van der Waals surface area contributed by atoms with Gasteiger partial charge in [-0.3, -0.25) is 9.69 Å². The van der Waals surface area contributed by atoms with E-state index >= 15 is 0 Å². The summed E-state index contributed by atoms with van der Waals surface area (Å²) in [5.74, 6) is 0.174. The fraction of sp³-hybridized carbons (Fsp3) is 0.370. The Morgan fingerprint density at radius 2 is 1.97 bits per heavy atom. The number of nitrogens with zero attached hydrogens (tertiary/aromatic N) is 4. The van der Waals surface area contributed by atoms with Gasteiger partial charge in [-0.05, 0) is 49.1 Å². The number of carbonyl (C=O) groups excluding carboxylic acids is 1. The Bertz CT molecular complexity index is 1100. The van der Waals surface area contributed by atoms with Crippen LogP contribution in [0.1, 0.15) is 54.6 Å². The summed E-state index contributed by atoms with van der Waals surface area (Å²) in [6.45, 7) is 5.67. The van der Waals surface area contributed by atoms with Crippen LogP contribution in [-0.4, -0.2) is 39.9 Å². The molecule has 3 aromatic rings. The second-order valence-electron chi connectivity index (χ2n) is 8.71. The van der Waals surface area contributed by atoms with Gasteiger partial charge in [0.05, 0.1) is 35.7 Å². The lowest BCUT2D eigenvalue weighted by Crippen LogP contribution is -2.58. The van der Waals surface area contributed by atoms with Crippen LogP contribution in [-0.2, 0) is 11.2 Å². The number of H-pyrrole nitrogens is 1. The maximum atomic E-state index is 13.8. The zero-order valence-corrected chi connectivity index (χ0v) is 19.4. The summed E-state index contributed by atoms with van der Waals surface area (Å²) in [5, 5.41) is 9.14. The average Bonchev–Trinajstić information content (AvgIpc) is 3.37. The van der Waals surface area contributed by atoms with Crippen LogP contribution in [0.15, 0.2) is 61.1 Å². The SMILES string of the molecule is CCCCC1C(=O)N(c2ccccc2C)CCN1C(Cc1ccc(C#N)cc1)c1cnc[nH]1. The molecule has 1 fully saturated rings. The standard InChI is InChI=1S/C27H31N5O/c1-3-4-8-25-27(33)32(24-9-6-5-7-20(24)2)15-14-31(25)26(23-18-29-19-30-23)16-21-10-12-22(17-28)13-11-21/h5-7,9-13,18-19,25-26H,3-4,8,14-16H2,1-2H3,(H,29,30). The highest BCUT2D eigenvalue weighted by atomic mass is 16.2. The lowest BCUT2D eigenvalue weighted by molar-refractivity contribution is -0.127. The minimum Gasteiger partial charge on any atom is -0.347 e. The van der Waals surface area contributed by atoms with Gasteiger partial charge in [-0.15, -0.1) is 0 Å². The molecule has 0 saturated carbocycles. The fourth-order valence-electron chi connectivity index (χ4n) is 4.76. The van der Waals surface area contributed by atoms with Gasteiger partial charge in [-0.1, -0.05) is 50.1 Å². The number of nitrogens with one attached hydrogen (secondary N) is 1. The number of anilines is 1. The molecule has 0 bridgehead atoms. The first kappa shape index (κ1) is 22.8. The summed E-state index contributed by atoms with van der Waals surface area (Å²) in [5.41, 5.74) is 4.93. The molecule has 0 spiro atoms. The monoisotopic (exact) mass is 441 g/mol. The first-order valence-electron chi connectivity index (χ1n) is 11.7. The predicted octanol–water partition coefficient (Wildman–Crippen LogP) is 4.78. The molecular weight excluding hydrogens is 410 g/mol. The number of hydrogen-bond acceptors (Lipinski definition) is 4. The number of para-hydroxylation sites is 1. The third-order valence-corrected chi connectivity index (χ3v) is 6.56. The van der Waals surface area contributed by atoms with Crippen molar-refractivity contribution in [2.75, 3.05) is 18.0 Å². The summed E-state index contributed by atoms with van der Waals surface area (Å²) < 4.78 is 0. The van der Waals surface area contributed by atoms with E-state index in [1.54, 1.807) is 6.33 Å². The van der Waals surface area contributed by atoms with Crippen LogP contribution in [0.3, 0.4) is 0 Å². The second-order valence-corrected chi connectivity index (χ2v) is 8.71. The van der Waals surface area contributed by atoms with Crippen LogP contribution < -0.4 is 4.90 Å². The fourth-order valence-corrected chi connectivity index (χ4v) is 4.76. The number of amides is 1. The number of aryl methyl sites for hydroxylation is 1. The molecule has 6 nitrogen and oxygen atoms in total. The van der Waals surface area contributed by atoms with Gasteiger partial charge in [0, 0.05) is 25.0 Å². The number of hydrogen-bond donors (Lipinski definition) is 1. The maximum Gasteiger partial charge on any atom is 0.244 e. The van der Waals surface area contributed by atoms with Crippen molar-refractivity contribution in [3.05, 3.63) is 83.4 Å². The van der Waals surface area contributed by atoms with Crippen molar-refractivity contribution in [2.45, 2.75) is 51.6 Å². The number of aromatic nitrogens is 2. The molecule has 1 saturated heterocycles. The van der Waals surface area contributed by atoms with Gasteiger partial charge >= 0.3 is 0 Å². The highest BCUT2D eigenvalue weighted by Gasteiger charge is 2.39. The number of piperazine rings is 1. The largest absolute Gasteiger partial charge is 0.347 e. The van der Waals surface area contributed by atoms with Crippen molar-refractivity contribution in [2.24, 2.45) is 0 Å². The zero-order valence-electron chi connectivity index (χ0n) is 19.4. The number of imidazole rings is 1. The van der Waals surface area contributed by atoms with E-state index in [1.807, 2.05) is 53.6 Å². The second kappa shape index (κ2) is 10.5. The van der Waals surface area contributed by atoms with E-state index in [-0.39, 0.29) is 18.0 Å². The van der Waals surface area contributed by atoms with E-state index in [9.17, 15) is 4.79 Å². The number of benzene rings is 2. The molecular formula is C27H31N5O. The van der Waals surface area contributed by atoms with Crippen molar-refractivity contribution < 1.29 is 4.79 Å². The molecule has 2 heterocycles. The van der Waals surface area contributed by atoms with Gasteiger partial charge in [0.1, 0.15) is 0 Å². The topological polar surface area (TPSA) is 76.0 Å². The van der Waals surface area contributed by atoms with Crippen LogP contribution in [0.25, 0.3) is 0 Å². The minimum absolute atomic E-state index is 0.00487. The molecule has 170 valence electrons. The zero-order chi connectivity index (χ0) is 23.2. The van der Waals surface area contributed by atoms with Crippen LogP contribution in [0.5, 0.6) is 0 Å². The molecule has 2 aromatic carbocycles. The third kappa shape index (κ3) is 4.99. The molecule has 1 aromatic heterocycles. The maximum absolute atomic E-state index is 13.8. The van der Waals surface area contributed by atoms with Crippen molar-refractivity contribution in [1.82, 2.24) is 14.9 Å². The number of unbranched alkanes of at least 4 members (excludes halogenated alkanes) is 1. The highest BCUT2D eigenvalue weighted by molar-refractivity contribution is 5.98. The van der Waals surface area contributed by atoms with E-state index in [1.165, 1.54) is 0 Å². The molecule has 1 aliphatic heterocycles. The number of carbonyl (C=O) groups is 1. The number of nitriles is 1. The smallest absolute Gasteiger partial charge is 0.244 e. The molecule has 1 aliphatic rings. The Kier molecular flexibility index (Phi) is 7.21. The van der Waals surface area contributed by atoms with E-state index in [2.05, 4.69) is 40.9 Å². The van der Waals surface area contributed by atoms with Gasteiger partial charge in [-0.2, -0.15) is 5.26 Å². The van der Waals surface area contributed by atoms with Gasteiger partial charge < -0.3 is 9.88 Å². The molecule has 2 unspecified atom stereocenters. The van der Waals surface area contributed by atoms with Gasteiger partial charge in [0.2, 0.25) is 5.91 Å². The molecule has 6 heteroatoms. The van der Waals surface area contributed by atoms with Crippen molar-refractivity contribution >= 4 is 11.6 Å².